The molecule has 0 fully saturated rings. The number of carbonyl (C=O) groups excluding carboxylic acids is 1. The van der Waals surface area contributed by atoms with Crippen molar-refractivity contribution in [2.75, 3.05) is 5.32 Å². The molecule has 156 valence electrons. The Morgan fingerprint density at radius 3 is 2.57 bits per heavy atom. The zero-order valence-corrected chi connectivity index (χ0v) is 17.4. The van der Waals surface area contributed by atoms with E-state index in [0.717, 1.165) is 18.3 Å². The van der Waals surface area contributed by atoms with Crippen LogP contribution in [-0.4, -0.2) is 19.3 Å². The lowest BCUT2D eigenvalue weighted by atomic mass is 10.1. The van der Waals surface area contributed by atoms with Crippen LogP contribution in [0.4, 0.5) is 10.1 Å². The van der Waals surface area contributed by atoms with E-state index >= 15 is 0 Å². The third kappa shape index (κ3) is 5.45. The molecular formula is C19H14Cl2FN3O4S. The van der Waals surface area contributed by atoms with Crippen LogP contribution < -0.4 is 15.2 Å². The van der Waals surface area contributed by atoms with E-state index in [1.807, 2.05) is 0 Å². The SMILES string of the molecule is NS(=O)(=O)c1cc(NC(=O)Cc2ccccc2Cl)ccc1Oc1cnc(Cl)c(F)c1. The predicted octanol–water partition coefficient (Wildman–Crippen LogP) is 4.15. The Kier molecular flexibility index (Phi) is 6.57. The smallest absolute Gasteiger partial charge is 0.241 e. The molecule has 0 unspecified atom stereocenters. The maximum atomic E-state index is 13.6. The lowest BCUT2D eigenvalue weighted by Crippen LogP contribution is -2.17. The van der Waals surface area contributed by atoms with E-state index < -0.39 is 26.6 Å². The first-order chi connectivity index (χ1) is 14.1. The van der Waals surface area contributed by atoms with Crippen molar-refractivity contribution >= 4 is 44.8 Å². The molecule has 0 aliphatic carbocycles. The standard InChI is InChI=1S/C19H14Cl2FN3O4S/c20-14-4-2-1-3-11(14)7-18(26)25-12-5-6-16(17(8-12)30(23,27)28)29-13-9-15(22)19(21)24-10-13/h1-6,8-10H,7H2,(H,25,26)(H2,23,27,28). The zero-order chi connectivity index (χ0) is 21.9. The molecule has 3 rings (SSSR count). The molecule has 0 spiro atoms. The van der Waals surface area contributed by atoms with Crippen LogP contribution >= 0.6 is 23.2 Å². The number of aromatic nitrogens is 1. The van der Waals surface area contributed by atoms with Crippen molar-refractivity contribution in [2.24, 2.45) is 5.14 Å². The van der Waals surface area contributed by atoms with Gasteiger partial charge in [0, 0.05) is 16.8 Å². The van der Waals surface area contributed by atoms with Gasteiger partial charge in [-0.2, -0.15) is 0 Å². The van der Waals surface area contributed by atoms with Crippen LogP contribution in [0.15, 0.2) is 59.6 Å². The first-order valence-electron chi connectivity index (χ1n) is 8.32. The number of anilines is 1. The average Bonchev–Trinajstić information content (AvgIpc) is 2.67. The number of nitrogens with one attached hydrogen (secondary N) is 1. The van der Waals surface area contributed by atoms with Crippen molar-refractivity contribution in [3.8, 4) is 11.5 Å². The highest BCUT2D eigenvalue weighted by Crippen LogP contribution is 2.31. The van der Waals surface area contributed by atoms with Crippen LogP contribution in [0.5, 0.6) is 11.5 Å². The Bertz CT molecular complexity index is 1220. The summed E-state index contributed by atoms with van der Waals surface area (Å²) in [5.74, 6) is -1.52. The minimum atomic E-state index is -4.23. The number of carbonyl (C=O) groups is 1. The molecule has 0 bridgehead atoms. The van der Waals surface area contributed by atoms with Crippen molar-refractivity contribution in [1.29, 1.82) is 0 Å². The Balaban J connectivity index is 1.84. The topological polar surface area (TPSA) is 111 Å². The number of benzene rings is 2. The lowest BCUT2D eigenvalue weighted by Gasteiger charge is -2.13. The molecule has 0 atom stereocenters. The van der Waals surface area contributed by atoms with Gasteiger partial charge in [0.1, 0.15) is 16.4 Å². The van der Waals surface area contributed by atoms with Gasteiger partial charge in [-0.15, -0.1) is 0 Å². The first-order valence-corrected chi connectivity index (χ1v) is 10.6. The van der Waals surface area contributed by atoms with Gasteiger partial charge in [-0.25, -0.2) is 22.9 Å². The van der Waals surface area contributed by atoms with Crippen molar-refractivity contribution < 1.29 is 22.3 Å². The summed E-state index contributed by atoms with van der Waals surface area (Å²) in [6, 6.07) is 11.6. The summed E-state index contributed by atoms with van der Waals surface area (Å²) in [4.78, 5) is 15.5. The summed E-state index contributed by atoms with van der Waals surface area (Å²) < 4.78 is 42.9. The third-order valence-electron chi connectivity index (χ3n) is 3.84. The van der Waals surface area contributed by atoms with Gasteiger partial charge in [0.05, 0.1) is 12.6 Å². The second-order valence-corrected chi connectivity index (χ2v) is 8.36. The molecule has 1 aromatic heterocycles. The van der Waals surface area contributed by atoms with Crippen LogP contribution in [-0.2, 0) is 21.2 Å². The number of hydrogen-bond acceptors (Lipinski definition) is 5. The molecule has 0 radical (unpaired) electrons. The molecule has 1 amide bonds. The van der Waals surface area contributed by atoms with E-state index in [2.05, 4.69) is 10.3 Å². The predicted molar refractivity (Wildman–Crippen MR) is 111 cm³/mol. The summed E-state index contributed by atoms with van der Waals surface area (Å²) in [5.41, 5.74) is 0.782. The normalized spacial score (nSPS) is 11.2. The molecule has 11 heteroatoms. The monoisotopic (exact) mass is 469 g/mol. The Morgan fingerprint density at radius 1 is 1.17 bits per heavy atom. The van der Waals surface area contributed by atoms with Crippen molar-refractivity contribution in [2.45, 2.75) is 11.3 Å². The largest absolute Gasteiger partial charge is 0.454 e. The van der Waals surface area contributed by atoms with E-state index in [1.54, 1.807) is 24.3 Å². The number of halogens is 3. The Morgan fingerprint density at radius 2 is 1.90 bits per heavy atom. The number of primary sulfonamides is 1. The summed E-state index contributed by atoms with van der Waals surface area (Å²) in [6.45, 7) is 0. The fourth-order valence-electron chi connectivity index (χ4n) is 2.50. The lowest BCUT2D eigenvalue weighted by molar-refractivity contribution is -0.115. The Hall–Kier alpha value is -2.72. The first kappa shape index (κ1) is 22.0. The van der Waals surface area contributed by atoms with E-state index in [1.165, 1.54) is 12.1 Å². The summed E-state index contributed by atoms with van der Waals surface area (Å²) in [7, 11) is -4.23. The molecule has 0 aliphatic rings. The fourth-order valence-corrected chi connectivity index (χ4v) is 3.49. The van der Waals surface area contributed by atoms with E-state index in [4.69, 9.17) is 33.1 Å². The number of ether oxygens (including phenoxy) is 1. The number of nitrogens with two attached hydrogens (primary N) is 1. The van der Waals surface area contributed by atoms with Crippen molar-refractivity contribution in [3.05, 3.63) is 76.3 Å². The van der Waals surface area contributed by atoms with Gasteiger partial charge in [-0.1, -0.05) is 41.4 Å². The van der Waals surface area contributed by atoms with Gasteiger partial charge < -0.3 is 10.1 Å². The van der Waals surface area contributed by atoms with E-state index in [9.17, 15) is 17.6 Å². The van der Waals surface area contributed by atoms with Crippen molar-refractivity contribution in [1.82, 2.24) is 4.98 Å². The van der Waals surface area contributed by atoms with Gasteiger partial charge in [0.25, 0.3) is 0 Å². The van der Waals surface area contributed by atoms with Crippen LogP contribution in [0.25, 0.3) is 0 Å². The summed E-state index contributed by atoms with van der Waals surface area (Å²) in [6.07, 6.45) is 1.11. The summed E-state index contributed by atoms with van der Waals surface area (Å²) in [5, 5.41) is 7.91. The molecule has 0 saturated carbocycles. The fraction of sp³-hybridized carbons (Fsp3) is 0.0526. The van der Waals surface area contributed by atoms with Crippen LogP contribution in [0.1, 0.15) is 5.56 Å². The molecule has 1 heterocycles. The van der Waals surface area contributed by atoms with Crippen molar-refractivity contribution in [3.63, 3.8) is 0 Å². The van der Waals surface area contributed by atoms with Crippen LogP contribution in [0.2, 0.25) is 10.2 Å². The van der Waals surface area contributed by atoms with Gasteiger partial charge in [-0.3, -0.25) is 4.79 Å². The van der Waals surface area contributed by atoms with Gasteiger partial charge in [0.2, 0.25) is 15.9 Å². The highest BCUT2D eigenvalue weighted by atomic mass is 35.5. The maximum Gasteiger partial charge on any atom is 0.241 e. The van der Waals surface area contributed by atoms with Gasteiger partial charge >= 0.3 is 0 Å². The number of hydrogen-bond donors (Lipinski definition) is 2. The quantitative estimate of drug-likeness (QED) is 0.526. The molecule has 30 heavy (non-hydrogen) atoms. The number of amides is 1. The Labute approximate surface area is 181 Å². The highest BCUT2D eigenvalue weighted by Gasteiger charge is 2.18. The number of rotatable bonds is 6. The molecule has 0 saturated heterocycles. The number of sulfonamides is 1. The van der Waals surface area contributed by atoms with E-state index in [0.29, 0.717) is 10.6 Å². The molecular weight excluding hydrogens is 456 g/mol. The van der Waals surface area contributed by atoms with E-state index in [-0.39, 0.29) is 28.8 Å². The highest BCUT2D eigenvalue weighted by molar-refractivity contribution is 7.89. The summed E-state index contributed by atoms with van der Waals surface area (Å²) >= 11 is 11.6. The van der Waals surface area contributed by atoms with Crippen LogP contribution in [0.3, 0.4) is 0 Å². The number of pyridine rings is 1. The third-order valence-corrected chi connectivity index (χ3v) is 5.42. The second kappa shape index (κ2) is 8.97. The molecule has 3 N–H and O–H groups in total. The molecule has 7 nitrogen and oxygen atoms in total. The minimum Gasteiger partial charge on any atom is -0.454 e. The van der Waals surface area contributed by atoms with Gasteiger partial charge in [-0.05, 0) is 29.8 Å². The maximum absolute atomic E-state index is 13.6. The molecule has 3 aromatic rings. The molecule has 0 aliphatic heterocycles. The minimum absolute atomic E-state index is 0.0155. The molecule has 2 aromatic carbocycles. The number of nitrogens with zero attached hydrogens (tertiary/aromatic N) is 1. The van der Waals surface area contributed by atoms with Gasteiger partial charge in [0.15, 0.2) is 11.0 Å². The zero-order valence-electron chi connectivity index (χ0n) is 15.1. The average molecular weight is 470 g/mol. The van der Waals surface area contributed by atoms with Crippen LogP contribution in [0, 0.1) is 5.82 Å². The second-order valence-electron chi connectivity index (χ2n) is 6.07.